The monoisotopic (exact) mass is 357 g/mol. The summed E-state index contributed by atoms with van der Waals surface area (Å²) in [6, 6.07) is 10.4. The van der Waals surface area contributed by atoms with E-state index in [-0.39, 0.29) is 21.1 Å². The molecule has 0 aliphatic heterocycles. The van der Waals surface area contributed by atoms with Gasteiger partial charge in [-0.05, 0) is 20.4 Å². The van der Waals surface area contributed by atoms with Crippen molar-refractivity contribution in [2.75, 3.05) is 14.1 Å². The Morgan fingerprint density at radius 2 is 2.21 bits per heavy atom. The van der Waals surface area contributed by atoms with Crippen LogP contribution in [-0.2, 0) is 21.1 Å². The van der Waals surface area contributed by atoms with Crippen molar-refractivity contribution in [3.8, 4) is 0 Å². The summed E-state index contributed by atoms with van der Waals surface area (Å²) < 4.78 is 0. The molecule has 0 unspecified atom stereocenters. The maximum Gasteiger partial charge on any atom is 2.00 e. The van der Waals surface area contributed by atoms with E-state index in [1.807, 2.05) is 37.2 Å². The molecule has 72 valence electrons. The Bertz CT molecular complexity index is 293. The topological polar surface area (TPSA) is 28.0 Å². The van der Waals surface area contributed by atoms with Gasteiger partial charge in [0.1, 0.15) is 0 Å². The van der Waals surface area contributed by atoms with Crippen molar-refractivity contribution in [3.63, 3.8) is 0 Å². The Kier molecular flexibility index (Phi) is 6.95. The van der Waals surface area contributed by atoms with Crippen LogP contribution in [0.3, 0.4) is 0 Å². The molecule has 0 N–H and O–H groups in total. The quantitative estimate of drug-likeness (QED) is 0.459. The molecule has 0 heterocycles. The molecule has 0 atom stereocenters. The van der Waals surface area contributed by atoms with Crippen LogP contribution in [-0.4, -0.2) is 31.7 Å². The first kappa shape index (κ1) is 13.0. The molecule has 1 rings (SSSR count). The molecular formula is C10H11N3W. The minimum absolute atomic E-state index is 0. The molecule has 0 amide bonds. The van der Waals surface area contributed by atoms with Gasteiger partial charge in [0, 0.05) is 6.34 Å². The maximum atomic E-state index is 3.95. The van der Waals surface area contributed by atoms with Crippen molar-refractivity contribution in [2.24, 2.45) is 9.98 Å². The molecule has 4 heteroatoms. The smallest absolute Gasteiger partial charge is 0.419 e. The van der Waals surface area contributed by atoms with Crippen molar-refractivity contribution in [1.82, 2.24) is 4.90 Å². The van der Waals surface area contributed by atoms with Gasteiger partial charge >= 0.3 is 21.1 Å². The van der Waals surface area contributed by atoms with Crippen LogP contribution in [0, 0.1) is 6.07 Å². The van der Waals surface area contributed by atoms with Crippen LogP contribution in [0.25, 0.3) is 0 Å². The number of nitrogens with zero attached hydrogens (tertiary/aromatic N) is 3. The zero-order chi connectivity index (χ0) is 9.52. The second kappa shape index (κ2) is 7.45. The molecule has 0 aliphatic rings. The second-order valence-electron chi connectivity index (χ2n) is 2.67. The zero-order valence-corrected chi connectivity index (χ0v) is 11.1. The first-order chi connectivity index (χ1) is 6.29. The number of hydrogen-bond donors (Lipinski definition) is 0. The third-order valence-electron chi connectivity index (χ3n) is 1.21. The van der Waals surface area contributed by atoms with E-state index in [2.05, 4.69) is 22.4 Å². The van der Waals surface area contributed by atoms with Crippen molar-refractivity contribution in [1.29, 1.82) is 0 Å². The summed E-state index contributed by atoms with van der Waals surface area (Å²) in [6.07, 6.45) is 4.19. The molecule has 0 saturated heterocycles. The molecular weight excluding hydrogens is 346 g/mol. The molecule has 0 fully saturated rings. The van der Waals surface area contributed by atoms with Crippen molar-refractivity contribution < 1.29 is 21.1 Å². The van der Waals surface area contributed by atoms with E-state index < -0.39 is 0 Å². The summed E-state index contributed by atoms with van der Waals surface area (Å²) in [7, 11) is 3.78. The molecule has 0 bridgehead atoms. The second-order valence-corrected chi connectivity index (χ2v) is 2.67. The molecule has 3 nitrogen and oxygen atoms in total. The van der Waals surface area contributed by atoms with Gasteiger partial charge in [0.15, 0.2) is 0 Å². The van der Waals surface area contributed by atoms with Gasteiger partial charge in [-0.1, -0.05) is 0 Å². The van der Waals surface area contributed by atoms with Crippen LogP contribution >= 0.6 is 0 Å². The van der Waals surface area contributed by atoms with Crippen LogP contribution in [0.5, 0.6) is 0 Å². The third kappa shape index (κ3) is 5.65. The van der Waals surface area contributed by atoms with E-state index in [0.29, 0.717) is 0 Å². The fourth-order valence-corrected chi connectivity index (χ4v) is 0.677. The Hall–Kier alpha value is -0.952. The summed E-state index contributed by atoms with van der Waals surface area (Å²) in [5.41, 5.74) is 0.735. The summed E-state index contributed by atoms with van der Waals surface area (Å²) in [4.78, 5) is 9.60. The minimum Gasteiger partial charge on any atom is -0.419 e. The number of para-hydroxylation sites is 1. The largest absolute Gasteiger partial charge is 2.00 e. The molecule has 0 spiro atoms. The van der Waals surface area contributed by atoms with Crippen molar-refractivity contribution >= 4 is 18.4 Å². The van der Waals surface area contributed by atoms with E-state index in [9.17, 15) is 0 Å². The van der Waals surface area contributed by atoms with Gasteiger partial charge in [0.25, 0.3) is 0 Å². The van der Waals surface area contributed by atoms with Crippen molar-refractivity contribution in [3.05, 3.63) is 30.3 Å². The molecule has 0 radical (unpaired) electrons. The Morgan fingerprint density at radius 3 is 2.79 bits per heavy atom. The standard InChI is InChI=1S/C10H11N3.W/c1-13(2)9-11-8-12-10-6-4-3-5-7-10;/h3-6,9H,1-2H3;/q-2;+2. The molecule has 1 aromatic rings. The summed E-state index contributed by atoms with van der Waals surface area (Å²) in [5.74, 6) is 0. The van der Waals surface area contributed by atoms with Gasteiger partial charge in [-0.2, -0.15) is 23.9 Å². The van der Waals surface area contributed by atoms with Crippen LogP contribution in [0.15, 0.2) is 34.3 Å². The maximum absolute atomic E-state index is 3.95. The van der Waals surface area contributed by atoms with Crippen LogP contribution in [0.2, 0.25) is 0 Å². The predicted molar refractivity (Wildman–Crippen MR) is 54.6 cm³/mol. The van der Waals surface area contributed by atoms with Crippen molar-refractivity contribution in [2.45, 2.75) is 0 Å². The number of hydrogen-bond acceptors (Lipinski definition) is 1. The average Bonchev–Trinajstić information content (AvgIpc) is 2.14. The van der Waals surface area contributed by atoms with Gasteiger partial charge < -0.3 is 14.9 Å². The van der Waals surface area contributed by atoms with Gasteiger partial charge in [0.2, 0.25) is 0 Å². The summed E-state index contributed by atoms with van der Waals surface area (Å²) in [6.45, 7) is 0. The van der Waals surface area contributed by atoms with Gasteiger partial charge in [0.05, 0.1) is 0 Å². The minimum atomic E-state index is 0. The molecule has 1 aromatic carbocycles. The normalized spacial score (nSPS) is 10.4. The van der Waals surface area contributed by atoms with Crippen LogP contribution in [0.1, 0.15) is 0 Å². The molecule has 0 aromatic heterocycles. The fourth-order valence-electron chi connectivity index (χ4n) is 0.677. The van der Waals surface area contributed by atoms with E-state index in [0.717, 1.165) is 5.69 Å². The molecule has 14 heavy (non-hydrogen) atoms. The number of aliphatic imine (C=N–C) groups is 2. The first-order valence-corrected chi connectivity index (χ1v) is 3.91. The van der Waals surface area contributed by atoms with Crippen LogP contribution in [0.4, 0.5) is 5.69 Å². The van der Waals surface area contributed by atoms with Gasteiger partial charge in [-0.25, -0.2) is 12.1 Å². The van der Waals surface area contributed by atoms with E-state index in [4.69, 9.17) is 0 Å². The van der Waals surface area contributed by atoms with Crippen LogP contribution < -0.4 is 0 Å². The first-order valence-electron chi connectivity index (χ1n) is 3.91. The molecule has 0 aliphatic carbocycles. The van der Waals surface area contributed by atoms with Gasteiger partial charge in [-0.15, -0.1) is 0 Å². The number of rotatable bonds is 3. The third-order valence-corrected chi connectivity index (χ3v) is 1.21. The SMILES string of the molecule is CN(C)C=N[C-]=Nc1[c-]cccc1.[W+2]. The Morgan fingerprint density at radius 1 is 1.43 bits per heavy atom. The summed E-state index contributed by atoms with van der Waals surface area (Å²) in [5, 5.41) is 0. The molecule has 0 saturated carbocycles. The Balaban J connectivity index is 0.00000169. The number of benzene rings is 1. The average molecular weight is 357 g/mol. The fraction of sp³-hybridized carbons (Fsp3) is 0.200. The van der Waals surface area contributed by atoms with Gasteiger partial charge in [-0.3, -0.25) is 0 Å². The predicted octanol–water partition coefficient (Wildman–Crippen LogP) is 1.61. The Labute approximate surface area is 98.8 Å². The van der Waals surface area contributed by atoms with E-state index >= 15 is 0 Å². The van der Waals surface area contributed by atoms with E-state index in [1.54, 1.807) is 12.4 Å². The van der Waals surface area contributed by atoms with E-state index in [1.165, 1.54) is 0 Å². The zero-order valence-electron chi connectivity index (χ0n) is 8.14. The summed E-state index contributed by atoms with van der Waals surface area (Å²) >= 11 is 0.